The lowest BCUT2D eigenvalue weighted by Crippen LogP contribution is -2.53. The number of hydrogen-bond donors (Lipinski definition) is 1. The summed E-state index contributed by atoms with van der Waals surface area (Å²) in [6.45, 7) is 8.29. The third-order valence-corrected chi connectivity index (χ3v) is 4.19. The number of carbonyl (C=O) groups excluding carboxylic acids is 1. The minimum absolute atomic E-state index is 0.140. The first-order valence-electron chi connectivity index (χ1n) is 8.14. The van der Waals surface area contributed by atoms with Gasteiger partial charge in [-0.3, -0.25) is 10.1 Å². The number of methoxy groups -OCH3 is 1. The summed E-state index contributed by atoms with van der Waals surface area (Å²) in [7, 11) is 5.68. The Morgan fingerprint density at radius 2 is 1.95 bits per heavy atom. The van der Waals surface area contributed by atoms with Crippen LogP contribution in [-0.4, -0.2) is 74.7 Å². The Labute approximate surface area is 130 Å². The lowest BCUT2D eigenvalue weighted by atomic mass is 9.97. The molecular formula is C16H33N3O2. The van der Waals surface area contributed by atoms with Crippen molar-refractivity contribution >= 4 is 5.97 Å². The van der Waals surface area contributed by atoms with Crippen LogP contribution in [-0.2, 0) is 9.53 Å². The summed E-state index contributed by atoms with van der Waals surface area (Å²) in [6, 6.07) is 0.498. The molecule has 0 spiro atoms. The van der Waals surface area contributed by atoms with Crippen LogP contribution in [0.2, 0.25) is 0 Å². The van der Waals surface area contributed by atoms with E-state index >= 15 is 0 Å². The normalized spacial score (nSPS) is 18.0. The standard InChI is InChI=1S/C16H33N3O2/c1-6-19(12-7-11-18(3)4)13-10-16(2,15(20)21-5)17-14-8-9-14/h14,17H,6-13H2,1-5H3. The SMILES string of the molecule is CCN(CCCN(C)C)CCC(C)(NC1CC1)C(=O)OC. The summed E-state index contributed by atoms with van der Waals surface area (Å²) in [5.74, 6) is -0.140. The Hall–Kier alpha value is -0.650. The quantitative estimate of drug-likeness (QED) is 0.583. The van der Waals surface area contributed by atoms with Crippen molar-refractivity contribution in [2.75, 3.05) is 47.4 Å². The molecule has 0 saturated heterocycles. The molecule has 1 saturated carbocycles. The van der Waals surface area contributed by atoms with E-state index in [-0.39, 0.29) is 5.97 Å². The molecule has 0 radical (unpaired) electrons. The van der Waals surface area contributed by atoms with Gasteiger partial charge in [0.15, 0.2) is 0 Å². The van der Waals surface area contributed by atoms with E-state index in [1.807, 2.05) is 6.92 Å². The van der Waals surface area contributed by atoms with Gasteiger partial charge in [-0.2, -0.15) is 0 Å². The zero-order chi connectivity index (χ0) is 15.9. The van der Waals surface area contributed by atoms with E-state index in [9.17, 15) is 4.79 Å². The molecule has 0 heterocycles. The molecule has 5 nitrogen and oxygen atoms in total. The summed E-state index contributed by atoms with van der Waals surface area (Å²) in [5, 5.41) is 3.46. The second-order valence-corrected chi connectivity index (χ2v) is 6.58. The van der Waals surface area contributed by atoms with Crippen LogP contribution in [0.5, 0.6) is 0 Å². The number of esters is 1. The number of rotatable bonds is 11. The topological polar surface area (TPSA) is 44.8 Å². The Morgan fingerprint density at radius 1 is 1.29 bits per heavy atom. The van der Waals surface area contributed by atoms with Gasteiger partial charge in [0.05, 0.1) is 7.11 Å². The zero-order valence-electron chi connectivity index (χ0n) is 14.4. The highest BCUT2D eigenvalue weighted by Crippen LogP contribution is 2.25. The molecule has 0 aliphatic heterocycles. The highest BCUT2D eigenvalue weighted by Gasteiger charge is 2.39. The summed E-state index contributed by atoms with van der Waals surface area (Å²) in [5.41, 5.74) is -0.551. The molecule has 1 aliphatic carbocycles. The fraction of sp³-hybridized carbons (Fsp3) is 0.938. The van der Waals surface area contributed by atoms with Crippen LogP contribution in [0.25, 0.3) is 0 Å². The summed E-state index contributed by atoms with van der Waals surface area (Å²) < 4.78 is 5.00. The van der Waals surface area contributed by atoms with Crippen LogP contribution in [0, 0.1) is 0 Å². The van der Waals surface area contributed by atoms with Crippen molar-refractivity contribution in [2.45, 2.75) is 51.1 Å². The summed E-state index contributed by atoms with van der Waals surface area (Å²) in [4.78, 5) is 16.7. The van der Waals surface area contributed by atoms with E-state index in [4.69, 9.17) is 4.74 Å². The van der Waals surface area contributed by atoms with Gasteiger partial charge in [-0.05, 0) is 66.3 Å². The first-order valence-corrected chi connectivity index (χ1v) is 8.14. The molecule has 124 valence electrons. The van der Waals surface area contributed by atoms with E-state index in [1.54, 1.807) is 0 Å². The van der Waals surface area contributed by atoms with E-state index in [0.29, 0.717) is 6.04 Å². The van der Waals surface area contributed by atoms with Gasteiger partial charge in [0.2, 0.25) is 0 Å². The Bertz CT molecular complexity index is 319. The minimum Gasteiger partial charge on any atom is -0.468 e. The molecule has 1 fully saturated rings. The molecule has 1 N–H and O–H groups in total. The van der Waals surface area contributed by atoms with Crippen LogP contribution in [0.4, 0.5) is 0 Å². The average molecular weight is 299 g/mol. The van der Waals surface area contributed by atoms with Gasteiger partial charge in [0.1, 0.15) is 5.54 Å². The fourth-order valence-electron chi connectivity index (χ4n) is 2.56. The zero-order valence-corrected chi connectivity index (χ0v) is 14.4. The fourth-order valence-corrected chi connectivity index (χ4v) is 2.56. The second kappa shape index (κ2) is 8.71. The van der Waals surface area contributed by atoms with E-state index in [2.05, 4.69) is 36.1 Å². The van der Waals surface area contributed by atoms with Crippen molar-refractivity contribution in [1.29, 1.82) is 0 Å². The van der Waals surface area contributed by atoms with Crippen molar-refractivity contribution in [3.63, 3.8) is 0 Å². The smallest absolute Gasteiger partial charge is 0.325 e. The molecule has 0 aromatic carbocycles. The van der Waals surface area contributed by atoms with Crippen molar-refractivity contribution in [3.8, 4) is 0 Å². The molecule has 1 unspecified atom stereocenters. The van der Waals surface area contributed by atoms with Crippen molar-refractivity contribution < 1.29 is 9.53 Å². The van der Waals surface area contributed by atoms with Gasteiger partial charge >= 0.3 is 5.97 Å². The van der Waals surface area contributed by atoms with Gasteiger partial charge < -0.3 is 14.5 Å². The predicted molar refractivity (Wildman–Crippen MR) is 86.5 cm³/mol. The maximum atomic E-state index is 12.1. The molecule has 0 aromatic rings. The molecule has 0 bridgehead atoms. The largest absolute Gasteiger partial charge is 0.468 e. The minimum atomic E-state index is -0.551. The molecule has 1 rings (SSSR count). The lowest BCUT2D eigenvalue weighted by molar-refractivity contribution is -0.148. The van der Waals surface area contributed by atoms with Crippen LogP contribution in [0.3, 0.4) is 0 Å². The highest BCUT2D eigenvalue weighted by atomic mass is 16.5. The van der Waals surface area contributed by atoms with Crippen molar-refractivity contribution in [3.05, 3.63) is 0 Å². The van der Waals surface area contributed by atoms with Gasteiger partial charge in [-0.15, -0.1) is 0 Å². The lowest BCUT2D eigenvalue weighted by Gasteiger charge is -2.31. The molecule has 5 heteroatoms. The first-order chi connectivity index (χ1) is 9.91. The Balaban J connectivity index is 2.43. The number of carbonyl (C=O) groups is 1. The van der Waals surface area contributed by atoms with E-state index < -0.39 is 5.54 Å². The van der Waals surface area contributed by atoms with Crippen molar-refractivity contribution in [2.24, 2.45) is 0 Å². The van der Waals surface area contributed by atoms with Crippen LogP contribution in [0.15, 0.2) is 0 Å². The average Bonchev–Trinajstić information content (AvgIpc) is 3.25. The second-order valence-electron chi connectivity index (χ2n) is 6.58. The number of nitrogens with one attached hydrogen (secondary N) is 1. The van der Waals surface area contributed by atoms with E-state index in [0.717, 1.165) is 39.0 Å². The Morgan fingerprint density at radius 3 is 2.43 bits per heavy atom. The molecule has 1 aliphatic rings. The van der Waals surface area contributed by atoms with Gasteiger partial charge in [0, 0.05) is 12.6 Å². The van der Waals surface area contributed by atoms with Gasteiger partial charge in [0.25, 0.3) is 0 Å². The van der Waals surface area contributed by atoms with Crippen LogP contribution < -0.4 is 5.32 Å². The third-order valence-electron chi connectivity index (χ3n) is 4.19. The van der Waals surface area contributed by atoms with Crippen LogP contribution >= 0.6 is 0 Å². The molecular weight excluding hydrogens is 266 g/mol. The Kier molecular flexibility index (Phi) is 7.63. The third kappa shape index (κ3) is 6.76. The number of ether oxygens (including phenoxy) is 1. The summed E-state index contributed by atoms with van der Waals surface area (Å²) >= 11 is 0. The molecule has 0 aromatic heterocycles. The molecule has 21 heavy (non-hydrogen) atoms. The monoisotopic (exact) mass is 299 g/mol. The summed E-state index contributed by atoms with van der Waals surface area (Å²) in [6.07, 6.45) is 4.30. The van der Waals surface area contributed by atoms with Crippen molar-refractivity contribution in [1.82, 2.24) is 15.1 Å². The van der Waals surface area contributed by atoms with Gasteiger partial charge in [-0.1, -0.05) is 6.92 Å². The number of hydrogen-bond acceptors (Lipinski definition) is 5. The molecule has 0 amide bonds. The first kappa shape index (κ1) is 18.4. The van der Waals surface area contributed by atoms with Gasteiger partial charge in [-0.25, -0.2) is 0 Å². The van der Waals surface area contributed by atoms with Crippen LogP contribution in [0.1, 0.15) is 39.5 Å². The highest BCUT2D eigenvalue weighted by molar-refractivity contribution is 5.80. The molecule has 1 atom stereocenters. The van der Waals surface area contributed by atoms with E-state index in [1.165, 1.54) is 20.0 Å². The maximum Gasteiger partial charge on any atom is 0.325 e. The number of nitrogens with zero attached hydrogens (tertiary/aromatic N) is 2. The predicted octanol–water partition coefficient (Wildman–Crippen LogP) is 1.33. The maximum absolute atomic E-state index is 12.1.